The molecule has 0 aromatic carbocycles. The van der Waals surface area contributed by atoms with Crippen LogP contribution in [0.25, 0.3) is 0 Å². The summed E-state index contributed by atoms with van der Waals surface area (Å²) in [6.07, 6.45) is 4.33. The largest absolute Gasteiger partial charge is 0.396 e. The van der Waals surface area contributed by atoms with Gasteiger partial charge in [-0.3, -0.25) is 0 Å². The van der Waals surface area contributed by atoms with Crippen LogP contribution < -0.4 is 0 Å². The second kappa shape index (κ2) is 4.87. The fraction of sp³-hybridized carbons (Fsp3) is 0.700. The van der Waals surface area contributed by atoms with E-state index in [1.807, 2.05) is 5.38 Å². The third-order valence-electron chi connectivity index (χ3n) is 2.39. The van der Waals surface area contributed by atoms with Gasteiger partial charge in [-0.05, 0) is 12.8 Å². The molecule has 1 aliphatic heterocycles. The molecular formula is C10H15NO2S. The molecule has 78 valence electrons. The van der Waals surface area contributed by atoms with Crippen molar-refractivity contribution in [1.82, 2.24) is 4.98 Å². The van der Waals surface area contributed by atoms with Gasteiger partial charge in [0.2, 0.25) is 0 Å². The van der Waals surface area contributed by atoms with Gasteiger partial charge in [-0.2, -0.15) is 0 Å². The van der Waals surface area contributed by atoms with Crippen molar-refractivity contribution < 1.29 is 9.84 Å². The molecule has 0 radical (unpaired) electrons. The van der Waals surface area contributed by atoms with E-state index in [4.69, 9.17) is 9.84 Å². The summed E-state index contributed by atoms with van der Waals surface area (Å²) in [5, 5.41) is 11.9. The van der Waals surface area contributed by atoms with Crippen LogP contribution in [0, 0.1) is 0 Å². The lowest BCUT2D eigenvalue weighted by Crippen LogP contribution is -2.08. The normalized spacial score (nSPS) is 21.6. The molecule has 1 fully saturated rings. The Hall–Kier alpha value is -0.450. The third kappa shape index (κ3) is 2.53. The minimum absolute atomic E-state index is 0.184. The van der Waals surface area contributed by atoms with E-state index in [0.29, 0.717) is 12.5 Å². The number of aliphatic hydroxyl groups is 1. The Balaban J connectivity index is 1.88. The average molecular weight is 213 g/mol. The van der Waals surface area contributed by atoms with Crippen molar-refractivity contribution in [3.63, 3.8) is 0 Å². The molecule has 1 atom stereocenters. The summed E-state index contributed by atoms with van der Waals surface area (Å²) in [5.74, 6) is 0. The molecule has 0 spiro atoms. The van der Waals surface area contributed by atoms with Crippen LogP contribution in [0.15, 0.2) is 5.38 Å². The molecule has 3 nitrogen and oxygen atoms in total. The minimum atomic E-state index is 0.184. The molecule has 2 rings (SSSR count). The molecule has 0 aliphatic carbocycles. The highest BCUT2D eigenvalue weighted by Crippen LogP contribution is 2.19. The predicted molar refractivity (Wildman–Crippen MR) is 55.6 cm³/mol. The lowest BCUT2D eigenvalue weighted by Gasteiger charge is -2.05. The highest BCUT2D eigenvalue weighted by Gasteiger charge is 2.17. The molecule has 1 unspecified atom stereocenters. The fourth-order valence-electron chi connectivity index (χ4n) is 1.67. The number of ether oxygens (including phenoxy) is 1. The van der Waals surface area contributed by atoms with Crippen LogP contribution in [0.3, 0.4) is 0 Å². The van der Waals surface area contributed by atoms with Crippen LogP contribution in [0.5, 0.6) is 0 Å². The van der Waals surface area contributed by atoms with Crippen molar-refractivity contribution >= 4 is 11.3 Å². The third-order valence-corrected chi connectivity index (χ3v) is 3.31. The van der Waals surface area contributed by atoms with Gasteiger partial charge in [-0.1, -0.05) is 0 Å². The number of aromatic nitrogens is 1. The Morgan fingerprint density at radius 2 is 2.57 bits per heavy atom. The number of rotatable bonds is 4. The molecule has 1 aromatic heterocycles. The summed E-state index contributed by atoms with van der Waals surface area (Å²) in [6, 6.07) is 0. The van der Waals surface area contributed by atoms with Crippen molar-refractivity contribution in [3.8, 4) is 0 Å². The van der Waals surface area contributed by atoms with Gasteiger partial charge in [-0.25, -0.2) is 4.98 Å². The number of hydrogen-bond donors (Lipinski definition) is 1. The first-order chi connectivity index (χ1) is 6.88. The average Bonchev–Trinajstić information content (AvgIpc) is 2.79. The lowest BCUT2D eigenvalue weighted by molar-refractivity contribution is 0.111. The van der Waals surface area contributed by atoms with Crippen LogP contribution in [-0.2, 0) is 17.6 Å². The number of aliphatic hydroxyl groups excluding tert-OH is 1. The highest BCUT2D eigenvalue weighted by atomic mass is 32.1. The van der Waals surface area contributed by atoms with Gasteiger partial charge in [0.15, 0.2) is 0 Å². The number of thiazole rings is 1. The first-order valence-electron chi connectivity index (χ1n) is 5.04. The standard InChI is InChI=1S/C10H15NO2S/c12-4-3-8-7-14-10(11-8)6-9-2-1-5-13-9/h7,9,12H,1-6H2. The minimum Gasteiger partial charge on any atom is -0.396 e. The molecule has 14 heavy (non-hydrogen) atoms. The Kier molecular flexibility index (Phi) is 3.50. The molecule has 1 saturated heterocycles. The first-order valence-corrected chi connectivity index (χ1v) is 5.92. The van der Waals surface area contributed by atoms with E-state index in [0.717, 1.165) is 30.2 Å². The van der Waals surface area contributed by atoms with Gasteiger partial charge in [-0.15, -0.1) is 11.3 Å². The molecule has 0 saturated carbocycles. The monoisotopic (exact) mass is 213 g/mol. The van der Waals surface area contributed by atoms with Crippen molar-refractivity contribution in [2.24, 2.45) is 0 Å². The molecule has 4 heteroatoms. The van der Waals surface area contributed by atoms with E-state index < -0.39 is 0 Å². The van der Waals surface area contributed by atoms with Gasteiger partial charge >= 0.3 is 0 Å². The molecule has 0 amide bonds. The Morgan fingerprint density at radius 1 is 1.64 bits per heavy atom. The predicted octanol–water partition coefficient (Wildman–Crippen LogP) is 1.40. The van der Waals surface area contributed by atoms with Gasteiger partial charge in [0.1, 0.15) is 0 Å². The van der Waals surface area contributed by atoms with Crippen LogP contribution in [-0.4, -0.2) is 29.4 Å². The van der Waals surface area contributed by atoms with Crippen LogP contribution in [0.4, 0.5) is 0 Å². The maximum Gasteiger partial charge on any atom is 0.0954 e. The first kappa shape index (κ1) is 10.1. The maximum absolute atomic E-state index is 8.75. The number of hydrogen-bond acceptors (Lipinski definition) is 4. The second-order valence-electron chi connectivity index (χ2n) is 3.55. The summed E-state index contributed by atoms with van der Waals surface area (Å²) >= 11 is 1.67. The summed E-state index contributed by atoms with van der Waals surface area (Å²) in [4.78, 5) is 4.44. The summed E-state index contributed by atoms with van der Waals surface area (Å²) in [6.45, 7) is 1.09. The Morgan fingerprint density at radius 3 is 3.29 bits per heavy atom. The van der Waals surface area contributed by atoms with E-state index in [9.17, 15) is 0 Å². The fourth-order valence-corrected chi connectivity index (χ4v) is 2.57. The van der Waals surface area contributed by atoms with Gasteiger partial charge in [0.25, 0.3) is 0 Å². The molecular weight excluding hydrogens is 198 g/mol. The number of nitrogens with zero attached hydrogens (tertiary/aromatic N) is 1. The summed E-state index contributed by atoms with van der Waals surface area (Å²) in [7, 11) is 0. The molecule has 1 aromatic rings. The quantitative estimate of drug-likeness (QED) is 0.822. The summed E-state index contributed by atoms with van der Waals surface area (Å²) in [5.41, 5.74) is 1.01. The Labute approximate surface area is 87.7 Å². The van der Waals surface area contributed by atoms with Crippen molar-refractivity contribution in [2.45, 2.75) is 31.8 Å². The topological polar surface area (TPSA) is 42.4 Å². The van der Waals surface area contributed by atoms with Crippen LogP contribution >= 0.6 is 11.3 Å². The van der Waals surface area contributed by atoms with Gasteiger partial charge in [0, 0.05) is 31.4 Å². The van der Waals surface area contributed by atoms with Crippen molar-refractivity contribution in [3.05, 3.63) is 16.1 Å². The van der Waals surface area contributed by atoms with E-state index in [2.05, 4.69) is 4.98 Å². The zero-order valence-corrected chi connectivity index (χ0v) is 8.92. The van der Waals surface area contributed by atoms with E-state index in [-0.39, 0.29) is 6.61 Å². The lowest BCUT2D eigenvalue weighted by atomic mass is 10.2. The zero-order chi connectivity index (χ0) is 9.80. The molecule has 2 heterocycles. The van der Waals surface area contributed by atoms with Crippen LogP contribution in [0.2, 0.25) is 0 Å². The van der Waals surface area contributed by atoms with Crippen molar-refractivity contribution in [1.29, 1.82) is 0 Å². The van der Waals surface area contributed by atoms with E-state index in [1.165, 1.54) is 6.42 Å². The van der Waals surface area contributed by atoms with E-state index in [1.54, 1.807) is 11.3 Å². The molecule has 1 aliphatic rings. The SMILES string of the molecule is OCCc1csc(CC2CCCO2)n1. The van der Waals surface area contributed by atoms with Crippen LogP contribution in [0.1, 0.15) is 23.5 Å². The van der Waals surface area contributed by atoms with E-state index >= 15 is 0 Å². The van der Waals surface area contributed by atoms with Gasteiger partial charge < -0.3 is 9.84 Å². The molecule has 0 bridgehead atoms. The maximum atomic E-state index is 8.75. The highest BCUT2D eigenvalue weighted by molar-refractivity contribution is 7.09. The van der Waals surface area contributed by atoms with Crippen molar-refractivity contribution in [2.75, 3.05) is 13.2 Å². The van der Waals surface area contributed by atoms with Gasteiger partial charge in [0.05, 0.1) is 16.8 Å². The zero-order valence-electron chi connectivity index (χ0n) is 8.11. The second-order valence-corrected chi connectivity index (χ2v) is 4.49. The smallest absolute Gasteiger partial charge is 0.0954 e. The molecule has 1 N–H and O–H groups in total. The summed E-state index contributed by atoms with van der Waals surface area (Å²) < 4.78 is 5.54. The Bertz CT molecular complexity index is 281.